The molecule has 2 rings (SSSR count). The van der Waals surface area contributed by atoms with Gasteiger partial charge >= 0.3 is 12.0 Å². The van der Waals surface area contributed by atoms with Gasteiger partial charge in [-0.25, -0.2) is 9.59 Å². The van der Waals surface area contributed by atoms with E-state index in [0.29, 0.717) is 10.4 Å². The molecule has 1 aliphatic carbocycles. The quantitative estimate of drug-likeness (QED) is 0.768. The zero-order valence-corrected chi connectivity index (χ0v) is 13.4. The van der Waals surface area contributed by atoms with Crippen LogP contribution in [0.25, 0.3) is 0 Å². The van der Waals surface area contributed by atoms with Gasteiger partial charge in [0.15, 0.2) is 0 Å². The van der Waals surface area contributed by atoms with Gasteiger partial charge in [0.2, 0.25) is 0 Å². The molecule has 1 saturated carbocycles. The topological polar surface area (TPSA) is 78.4 Å². The Kier molecular flexibility index (Phi) is 5.22. The van der Waals surface area contributed by atoms with E-state index < -0.39 is 5.97 Å². The lowest BCUT2D eigenvalue weighted by Gasteiger charge is -2.21. The van der Waals surface area contributed by atoms with Gasteiger partial charge in [0.1, 0.15) is 0 Å². The summed E-state index contributed by atoms with van der Waals surface area (Å²) in [7, 11) is 0. The number of benzene rings is 1. The zero-order valence-electron chi connectivity index (χ0n) is 11.9. The van der Waals surface area contributed by atoms with Gasteiger partial charge in [0.05, 0.1) is 11.3 Å². The Bertz CT molecular complexity index is 542. The molecule has 1 aromatic carbocycles. The molecule has 1 fully saturated rings. The molecule has 6 heteroatoms. The van der Waals surface area contributed by atoms with Crippen molar-refractivity contribution in [1.29, 1.82) is 0 Å². The van der Waals surface area contributed by atoms with Crippen LogP contribution < -0.4 is 10.6 Å². The third kappa shape index (κ3) is 4.20. The van der Waals surface area contributed by atoms with Gasteiger partial charge in [-0.1, -0.05) is 28.8 Å². The van der Waals surface area contributed by atoms with Gasteiger partial charge in [-0.15, -0.1) is 0 Å². The Morgan fingerprint density at radius 2 is 2.00 bits per heavy atom. The third-order valence-electron chi connectivity index (χ3n) is 3.93. The number of rotatable bonds is 4. The monoisotopic (exact) mass is 354 g/mol. The highest BCUT2D eigenvalue weighted by atomic mass is 79.9. The second kappa shape index (κ2) is 6.93. The van der Waals surface area contributed by atoms with Gasteiger partial charge in [-0.3, -0.25) is 0 Å². The fraction of sp³-hybridized carbons (Fsp3) is 0.467. The van der Waals surface area contributed by atoms with E-state index in [4.69, 9.17) is 5.11 Å². The number of halogens is 1. The standard InChI is InChI=1S/C15H19BrN2O3/c1-9(10-4-2-3-5-10)17-15(21)18-13-8-11(16)6-7-12(13)14(19)20/h6-10H,2-5H2,1H3,(H,19,20)(H2,17,18,21). The van der Waals surface area contributed by atoms with E-state index in [1.165, 1.54) is 18.9 Å². The molecule has 1 atom stereocenters. The number of urea groups is 1. The van der Waals surface area contributed by atoms with Gasteiger partial charge in [0, 0.05) is 10.5 Å². The fourth-order valence-electron chi connectivity index (χ4n) is 2.75. The van der Waals surface area contributed by atoms with E-state index >= 15 is 0 Å². The Hall–Kier alpha value is -1.56. The Morgan fingerprint density at radius 3 is 2.62 bits per heavy atom. The molecule has 3 N–H and O–H groups in total. The highest BCUT2D eigenvalue weighted by Gasteiger charge is 2.23. The summed E-state index contributed by atoms with van der Waals surface area (Å²) in [5.41, 5.74) is 0.356. The van der Waals surface area contributed by atoms with E-state index in [-0.39, 0.29) is 23.3 Å². The molecule has 114 valence electrons. The summed E-state index contributed by atoms with van der Waals surface area (Å²) < 4.78 is 0.714. The molecule has 0 aromatic heterocycles. The number of anilines is 1. The van der Waals surface area contributed by atoms with Crippen LogP contribution in [0, 0.1) is 5.92 Å². The summed E-state index contributed by atoms with van der Waals surface area (Å²) in [6.07, 6.45) is 4.71. The van der Waals surface area contributed by atoms with Crippen molar-refractivity contribution in [1.82, 2.24) is 5.32 Å². The van der Waals surface area contributed by atoms with Crippen LogP contribution in [0.4, 0.5) is 10.5 Å². The molecular formula is C15H19BrN2O3. The molecule has 0 saturated heterocycles. The summed E-state index contributed by atoms with van der Waals surface area (Å²) in [5.74, 6) is -0.557. The maximum absolute atomic E-state index is 12.0. The van der Waals surface area contributed by atoms with Crippen molar-refractivity contribution < 1.29 is 14.7 Å². The summed E-state index contributed by atoms with van der Waals surface area (Å²) in [6, 6.07) is 4.40. The second-order valence-corrected chi connectivity index (χ2v) is 6.34. The van der Waals surface area contributed by atoms with E-state index in [2.05, 4.69) is 26.6 Å². The van der Waals surface area contributed by atoms with Crippen molar-refractivity contribution in [3.05, 3.63) is 28.2 Å². The van der Waals surface area contributed by atoms with Gasteiger partial charge in [-0.2, -0.15) is 0 Å². The SMILES string of the molecule is CC(NC(=O)Nc1cc(Br)ccc1C(=O)O)C1CCCC1. The van der Waals surface area contributed by atoms with Crippen LogP contribution in [0.2, 0.25) is 0 Å². The summed E-state index contributed by atoms with van der Waals surface area (Å²) in [4.78, 5) is 23.2. The molecule has 1 aromatic rings. The first-order chi connectivity index (χ1) is 9.97. The number of hydrogen-bond acceptors (Lipinski definition) is 2. The summed E-state index contributed by atoms with van der Waals surface area (Å²) >= 11 is 3.28. The molecule has 1 aliphatic rings. The molecule has 0 aliphatic heterocycles. The molecule has 21 heavy (non-hydrogen) atoms. The van der Waals surface area contributed by atoms with E-state index in [1.807, 2.05) is 6.92 Å². The Labute approximate surface area is 132 Å². The predicted molar refractivity (Wildman–Crippen MR) is 84.7 cm³/mol. The number of hydrogen-bond donors (Lipinski definition) is 3. The lowest BCUT2D eigenvalue weighted by Crippen LogP contribution is -2.40. The predicted octanol–water partition coefficient (Wildman–Crippen LogP) is 3.85. The largest absolute Gasteiger partial charge is 0.478 e. The minimum Gasteiger partial charge on any atom is -0.478 e. The van der Waals surface area contributed by atoms with Crippen LogP contribution in [0.3, 0.4) is 0 Å². The first-order valence-corrected chi connectivity index (χ1v) is 7.87. The van der Waals surface area contributed by atoms with E-state index in [0.717, 1.165) is 12.8 Å². The van der Waals surface area contributed by atoms with E-state index in [9.17, 15) is 9.59 Å². The normalized spacial score (nSPS) is 16.5. The first-order valence-electron chi connectivity index (χ1n) is 7.07. The molecular weight excluding hydrogens is 336 g/mol. The average Bonchev–Trinajstić information content (AvgIpc) is 2.91. The third-order valence-corrected chi connectivity index (χ3v) is 4.42. The maximum atomic E-state index is 12.0. The lowest BCUT2D eigenvalue weighted by molar-refractivity contribution is 0.0698. The highest BCUT2D eigenvalue weighted by molar-refractivity contribution is 9.10. The van der Waals surface area contributed by atoms with Crippen LogP contribution in [-0.2, 0) is 0 Å². The number of aromatic carboxylic acids is 1. The van der Waals surface area contributed by atoms with E-state index in [1.54, 1.807) is 12.1 Å². The second-order valence-electron chi connectivity index (χ2n) is 5.43. The van der Waals surface area contributed by atoms with Crippen LogP contribution >= 0.6 is 15.9 Å². The van der Waals surface area contributed by atoms with Crippen LogP contribution in [0.1, 0.15) is 43.0 Å². The highest BCUT2D eigenvalue weighted by Crippen LogP contribution is 2.27. The fourth-order valence-corrected chi connectivity index (χ4v) is 3.11. The molecule has 0 heterocycles. The summed E-state index contributed by atoms with van der Waals surface area (Å²) in [5, 5.41) is 14.7. The number of carboxylic acids is 1. The number of carbonyl (C=O) groups is 2. The van der Waals surface area contributed by atoms with Crippen LogP contribution in [0.15, 0.2) is 22.7 Å². The molecule has 2 amide bonds. The van der Waals surface area contributed by atoms with Crippen LogP contribution in [-0.4, -0.2) is 23.1 Å². The lowest BCUT2D eigenvalue weighted by atomic mass is 10.0. The van der Waals surface area contributed by atoms with Gasteiger partial charge in [-0.05, 0) is 43.9 Å². The number of carboxylic acid groups (broad SMARTS) is 1. The van der Waals surface area contributed by atoms with Crippen molar-refractivity contribution in [2.75, 3.05) is 5.32 Å². The Balaban J connectivity index is 2.02. The average molecular weight is 355 g/mol. The van der Waals surface area contributed by atoms with Crippen LogP contribution in [0.5, 0.6) is 0 Å². The summed E-state index contributed by atoms with van der Waals surface area (Å²) in [6.45, 7) is 1.99. The van der Waals surface area contributed by atoms with Gasteiger partial charge in [0.25, 0.3) is 0 Å². The minimum atomic E-state index is -1.07. The molecule has 5 nitrogen and oxygen atoms in total. The zero-order chi connectivity index (χ0) is 15.4. The molecule has 0 bridgehead atoms. The number of nitrogens with one attached hydrogen (secondary N) is 2. The molecule has 0 spiro atoms. The van der Waals surface area contributed by atoms with Crippen molar-refractivity contribution >= 4 is 33.6 Å². The number of amides is 2. The van der Waals surface area contributed by atoms with Crippen molar-refractivity contribution in [3.8, 4) is 0 Å². The molecule has 0 radical (unpaired) electrons. The Morgan fingerprint density at radius 1 is 1.33 bits per heavy atom. The van der Waals surface area contributed by atoms with Crippen molar-refractivity contribution in [2.24, 2.45) is 5.92 Å². The van der Waals surface area contributed by atoms with Gasteiger partial charge < -0.3 is 15.7 Å². The maximum Gasteiger partial charge on any atom is 0.337 e. The van der Waals surface area contributed by atoms with Crippen molar-refractivity contribution in [2.45, 2.75) is 38.6 Å². The first kappa shape index (κ1) is 15.8. The minimum absolute atomic E-state index is 0.0712. The van der Waals surface area contributed by atoms with Crippen molar-refractivity contribution in [3.63, 3.8) is 0 Å². The number of carbonyl (C=O) groups excluding carboxylic acids is 1. The smallest absolute Gasteiger partial charge is 0.337 e. The molecule has 1 unspecified atom stereocenters.